The van der Waals surface area contributed by atoms with Crippen molar-refractivity contribution in [2.75, 3.05) is 0 Å². The predicted molar refractivity (Wildman–Crippen MR) is 133 cm³/mol. The number of aromatic nitrogens is 2. The van der Waals surface area contributed by atoms with Crippen molar-refractivity contribution in [3.63, 3.8) is 0 Å². The van der Waals surface area contributed by atoms with Gasteiger partial charge in [-0.1, -0.05) is 90.4 Å². The van der Waals surface area contributed by atoms with Crippen LogP contribution >= 0.6 is 0 Å². The van der Waals surface area contributed by atoms with Crippen LogP contribution in [0.2, 0.25) is 0 Å². The highest BCUT2D eigenvalue weighted by Gasteiger charge is 2.23. The summed E-state index contributed by atoms with van der Waals surface area (Å²) in [4.78, 5) is 9.23. The van der Waals surface area contributed by atoms with E-state index >= 15 is 0 Å². The molecular weight excluding hydrogens is 396 g/mol. The fraction of sp³-hybridized carbons (Fsp3) is 0.857. The first-order valence-corrected chi connectivity index (χ1v) is 14.0. The largest absolute Gasteiger partial charge is 0.474 e. The van der Waals surface area contributed by atoms with E-state index in [1.54, 1.807) is 0 Å². The summed E-state index contributed by atoms with van der Waals surface area (Å²) in [5.74, 6) is 0.722. The molecule has 182 valence electrons. The second-order valence-corrected chi connectivity index (χ2v) is 10.2. The molecule has 1 aromatic heterocycles. The zero-order chi connectivity index (χ0) is 22.3. The molecule has 0 N–H and O–H groups in total. The van der Waals surface area contributed by atoms with Crippen LogP contribution < -0.4 is 9.47 Å². The third-order valence-electron chi connectivity index (χ3n) is 7.19. The van der Waals surface area contributed by atoms with Gasteiger partial charge in [-0.25, -0.2) is 4.98 Å². The zero-order valence-electron chi connectivity index (χ0n) is 20.8. The topological polar surface area (TPSA) is 44.2 Å². The molecule has 2 saturated carbocycles. The molecule has 0 bridgehead atoms. The minimum Gasteiger partial charge on any atom is -0.474 e. The first kappa shape index (κ1) is 25.3. The van der Waals surface area contributed by atoms with E-state index < -0.39 is 0 Å². The van der Waals surface area contributed by atoms with Gasteiger partial charge in [0.15, 0.2) is 0 Å². The number of unbranched alkanes of at least 4 members (excludes halogenated alkanes) is 13. The van der Waals surface area contributed by atoms with E-state index in [0.29, 0.717) is 18.2 Å². The van der Waals surface area contributed by atoms with Crippen molar-refractivity contribution < 1.29 is 9.47 Å². The summed E-state index contributed by atoms with van der Waals surface area (Å²) in [5, 5.41) is 0. The summed E-state index contributed by atoms with van der Waals surface area (Å²) >= 11 is 0. The van der Waals surface area contributed by atoms with E-state index in [9.17, 15) is 0 Å². The Balaban J connectivity index is 1.24. The molecule has 0 amide bonds. The Bertz CT molecular complexity index is 579. The first-order valence-electron chi connectivity index (χ1n) is 14.0. The molecule has 1 aromatic rings. The van der Waals surface area contributed by atoms with Crippen LogP contribution in [0.5, 0.6) is 11.9 Å². The van der Waals surface area contributed by atoms with Crippen molar-refractivity contribution in [3.05, 3.63) is 11.8 Å². The van der Waals surface area contributed by atoms with Gasteiger partial charge in [-0.15, -0.1) is 0 Å². The molecule has 0 unspecified atom stereocenters. The van der Waals surface area contributed by atoms with Gasteiger partial charge < -0.3 is 9.47 Å². The Hall–Kier alpha value is -1.32. The van der Waals surface area contributed by atoms with Crippen molar-refractivity contribution in [1.82, 2.24) is 9.97 Å². The van der Waals surface area contributed by atoms with Crippen LogP contribution in [0, 0.1) is 0 Å². The average molecular weight is 445 g/mol. The van der Waals surface area contributed by atoms with Crippen LogP contribution in [-0.2, 0) is 6.42 Å². The van der Waals surface area contributed by atoms with Crippen LogP contribution in [0.1, 0.15) is 141 Å². The summed E-state index contributed by atoms with van der Waals surface area (Å²) in [6.45, 7) is 2.29. The molecule has 0 radical (unpaired) electrons. The molecule has 4 nitrogen and oxygen atoms in total. The second kappa shape index (κ2) is 15.5. The van der Waals surface area contributed by atoms with Crippen LogP contribution in [-0.4, -0.2) is 22.2 Å². The molecule has 0 spiro atoms. The lowest BCUT2D eigenvalue weighted by molar-refractivity contribution is 0.0960. The maximum atomic E-state index is 6.06. The van der Waals surface area contributed by atoms with Crippen molar-refractivity contribution in [1.29, 1.82) is 0 Å². The maximum Gasteiger partial charge on any atom is 0.320 e. The molecule has 0 atom stereocenters. The average Bonchev–Trinajstić information content (AvgIpc) is 2.74. The van der Waals surface area contributed by atoms with E-state index in [0.717, 1.165) is 43.7 Å². The van der Waals surface area contributed by atoms with E-state index in [2.05, 4.69) is 11.9 Å². The third kappa shape index (κ3) is 10.1. The van der Waals surface area contributed by atoms with E-state index in [1.165, 1.54) is 103 Å². The van der Waals surface area contributed by atoms with E-state index in [1.807, 2.05) is 6.07 Å². The monoisotopic (exact) mass is 444 g/mol. The van der Waals surface area contributed by atoms with Gasteiger partial charge in [0, 0.05) is 6.07 Å². The minimum atomic E-state index is 0.308. The molecule has 2 aliphatic carbocycles. The number of aryl methyl sites for hydroxylation is 1. The molecule has 2 aliphatic rings. The Morgan fingerprint density at radius 2 is 1.16 bits per heavy atom. The fourth-order valence-corrected chi connectivity index (χ4v) is 4.49. The number of hydrogen-bond donors (Lipinski definition) is 0. The Morgan fingerprint density at radius 1 is 0.656 bits per heavy atom. The fourth-order valence-electron chi connectivity index (χ4n) is 4.49. The smallest absolute Gasteiger partial charge is 0.320 e. The van der Waals surface area contributed by atoms with Crippen molar-refractivity contribution in [2.45, 2.75) is 154 Å². The van der Waals surface area contributed by atoms with Crippen LogP contribution in [0.3, 0.4) is 0 Å². The van der Waals surface area contributed by atoms with Gasteiger partial charge in [0.05, 0.1) is 5.69 Å². The van der Waals surface area contributed by atoms with Crippen LogP contribution in [0.25, 0.3) is 0 Å². The van der Waals surface area contributed by atoms with Gasteiger partial charge >= 0.3 is 6.01 Å². The number of hydrogen-bond acceptors (Lipinski definition) is 4. The summed E-state index contributed by atoms with van der Waals surface area (Å²) in [7, 11) is 0. The summed E-state index contributed by atoms with van der Waals surface area (Å²) in [6, 6.07) is 2.58. The molecule has 2 fully saturated rings. The zero-order valence-corrected chi connectivity index (χ0v) is 20.8. The highest BCUT2D eigenvalue weighted by atomic mass is 16.5. The minimum absolute atomic E-state index is 0.308. The predicted octanol–water partition coefficient (Wildman–Crippen LogP) is 8.36. The number of nitrogens with zero attached hydrogens (tertiary/aromatic N) is 2. The normalized spacial score (nSPS) is 16.5. The summed E-state index contributed by atoms with van der Waals surface area (Å²) in [5.41, 5.74) is 1.09. The third-order valence-corrected chi connectivity index (χ3v) is 7.19. The standard InChI is InChI=1S/C28H48N2O2/c1-2-3-4-5-6-7-8-9-10-11-12-13-14-15-18-24-23-27(31-25-19-16-20-25)30-28(29-24)32-26-21-17-22-26/h23,25-26H,2-22H2,1H3. The van der Waals surface area contributed by atoms with Crippen molar-refractivity contribution >= 4 is 0 Å². The van der Waals surface area contributed by atoms with Gasteiger partial charge in [0.2, 0.25) is 5.88 Å². The highest BCUT2D eigenvalue weighted by Crippen LogP contribution is 2.28. The van der Waals surface area contributed by atoms with Crippen LogP contribution in [0.15, 0.2) is 6.07 Å². The summed E-state index contributed by atoms with van der Waals surface area (Å²) < 4.78 is 12.0. The van der Waals surface area contributed by atoms with Crippen molar-refractivity contribution in [3.8, 4) is 11.9 Å². The molecule has 3 rings (SSSR count). The molecule has 4 heteroatoms. The lowest BCUT2D eigenvalue weighted by atomic mass is 9.96. The van der Waals surface area contributed by atoms with Crippen molar-refractivity contribution in [2.24, 2.45) is 0 Å². The molecule has 1 heterocycles. The molecule has 0 aliphatic heterocycles. The first-order chi connectivity index (χ1) is 15.8. The van der Waals surface area contributed by atoms with Gasteiger partial charge in [0.25, 0.3) is 0 Å². The van der Waals surface area contributed by atoms with Gasteiger partial charge in [-0.05, 0) is 51.4 Å². The lowest BCUT2D eigenvalue weighted by Gasteiger charge is -2.27. The second-order valence-electron chi connectivity index (χ2n) is 10.2. The van der Waals surface area contributed by atoms with Crippen LogP contribution in [0.4, 0.5) is 0 Å². The van der Waals surface area contributed by atoms with E-state index in [-0.39, 0.29) is 0 Å². The Morgan fingerprint density at radius 3 is 1.66 bits per heavy atom. The molecule has 32 heavy (non-hydrogen) atoms. The quantitative estimate of drug-likeness (QED) is 0.201. The maximum absolute atomic E-state index is 6.06. The molecular formula is C28H48N2O2. The van der Waals surface area contributed by atoms with Gasteiger partial charge in [0.1, 0.15) is 12.2 Å². The summed E-state index contributed by atoms with van der Waals surface area (Å²) in [6.07, 6.45) is 28.2. The lowest BCUT2D eigenvalue weighted by Crippen LogP contribution is -2.27. The Kier molecular flexibility index (Phi) is 12.3. The molecule has 0 saturated heterocycles. The van der Waals surface area contributed by atoms with Gasteiger partial charge in [-0.2, -0.15) is 4.98 Å². The Labute approximate surface area is 197 Å². The van der Waals surface area contributed by atoms with Gasteiger partial charge in [-0.3, -0.25) is 0 Å². The number of rotatable bonds is 19. The van der Waals surface area contributed by atoms with E-state index in [4.69, 9.17) is 14.5 Å². The SMILES string of the molecule is CCCCCCCCCCCCCCCCc1cc(OC2CCC2)nc(OC2CCC2)n1. The molecule has 0 aromatic carbocycles. The highest BCUT2D eigenvalue weighted by molar-refractivity contribution is 5.19. The number of ether oxygens (including phenoxy) is 2.